The standard InChI is InChI=1S/C27H26ClN3O4S2/c1-18-22(28)13-14-24-25(18)30(16-17-35-2)27(36-24)29-26(32)20-9-11-21(12-10-20)37(33,34)31-15-5-7-19-6-3-4-8-23(19)31/h3-4,6,8-14H,5,7,15-17H2,1-2H3. The Labute approximate surface area is 224 Å². The lowest BCUT2D eigenvalue weighted by atomic mass is 10.0. The molecule has 0 fully saturated rings. The minimum atomic E-state index is -3.76. The number of aromatic nitrogens is 1. The third kappa shape index (κ3) is 4.84. The predicted octanol–water partition coefficient (Wildman–Crippen LogP) is 5.19. The molecule has 0 spiro atoms. The van der Waals surface area contributed by atoms with Crippen LogP contribution in [0.3, 0.4) is 0 Å². The number of carbonyl (C=O) groups is 1. The van der Waals surface area contributed by atoms with Crippen LogP contribution in [0.2, 0.25) is 5.02 Å². The van der Waals surface area contributed by atoms with Gasteiger partial charge < -0.3 is 9.30 Å². The molecule has 1 aromatic heterocycles. The molecule has 192 valence electrons. The van der Waals surface area contributed by atoms with Crippen LogP contribution < -0.4 is 9.11 Å². The Bertz CT molecular complexity index is 1660. The van der Waals surface area contributed by atoms with Gasteiger partial charge in [0.15, 0.2) is 4.80 Å². The van der Waals surface area contributed by atoms with Crippen LogP contribution in [0.4, 0.5) is 5.69 Å². The van der Waals surface area contributed by atoms with Gasteiger partial charge in [-0.3, -0.25) is 9.10 Å². The molecule has 0 saturated carbocycles. The maximum atomic E-state index is 13.4. The maximum absolute atomic E-state index is 13.4. The van der Waals surface area contributed by atoms with Crippen LogP contribution in [0.15, 0.2) is 70.6 Å². The summed E-state index contributed by atoms with van der Waals surface area (Å²) in [5.41, 5.74) is 3.87. The van der Waals surface area contributed by atoms with Gasteiger partial charge in [-0.2, -0.15) is 4.99 Å². The molecule has 1 amide bonds. The molecular weight excluding hydrogens is 530 g/mol. The fraction of sp³-hybridized carbons (Fsp3) is 0.259. The molecule has 0 bridgehead atoms. The quantitative estimate of drug-likeness (QED) is 0.328. The van der Waals surface area contributed by atoms with E-state index in [0.29, 0.717) is 40.8 Å². The van der Waals surface area contributed by atoms with Crippen molar-refractivity contribution in [2.75, 3.05) is 24.6 Å². The number of ether oxygens (including phenoxy) is 1. The van der Waals surface area contributed by atoms with E-state index in [1.165, 1.54) is 39.9 Å². The second-order valence-electron chi connectivity index (χ2n) is 8.80. The number of halogens is 1. The molecule has 0 unspecified atom stereocenters. The zero-order valence-electron chi connectivity index (χ0n) is 20.5. The molecule has 0 atom stereocenters. The lowest BCUT2D eigenvalue weighted by Crippen LogP contribution is -2.35. The van der Waals surface area contributed by atoms with Crippen LogP contribution >= 0.6 is 22.9 Å². The number of anilines is 1. The summed E-state index contributed by atoms with van der Waals surface area (Å²) in [5, 5.41) is 0.641. The highest BCUT2D eigenvalue weighted by Gasteiger charge is 2.29. The number of hydrogen-bond donors (Lipinski definition) is 0. The minimum absolute atomic E-state index is 0.142. The molecule has 0 saturated heterocycles. The Morgan fingerprint density at radius 1 is 1.11 bits per heavy atom. The van der Waals surface area contributed by atoms with Gasteiger partial charge in [-0.05, 0) is 73.4 Å². The summed E-state index contributed by atoms with van der Waals surface area (Å²) in [6.07, 6.45) is 1.61. The number of hydrogen-bond acceptors (Lipinski definition) is 5. The van der Waals surface area contributed by atoms with Crippen molar-refractivity contribution in [1.29, 1.82) is 0 Å². The minimum Gasteiger partial charge on any atom is -0.383 e. The molecule has 1 aliphatic heterocycles. The number of sulfonamides is 1. The smallest absolute Gasteiger partial charge is 0.279 e. The zero-order chi connectivity index (χ0) is 26.2. The average molecular weight is 556 g/mol. The summed E-state index contributed by atoms with van der Waals surface area (Å²) in [5.74, 6) is -0.450. The van der Waals surface area contributed by atoms with Crippen molar-refractivity contribution in [2.24, 2.45) is 4.99 Å². The first kappa shape index (κ1) is 25.7. The van der Waals surface area contributed by atoms with Crippen molar-refractivity contribution < 1.29 is 17.9 Å². The predicted molar refractivity (Wildman–Crippen MR) is 147 cm³/mol. The van der Waals surface area contributed by atoms with Crippen molar-refractivity contribution in [3.8, 4) is 0 Å². The summed E-state index contributed by atoms with van der Waals surface area (Å²) in [6, 6.07) is 17.3. The van der Waals surface area contributed by atoms with E-state index in [1.54, 1.807) is 7.11 Å². The Hall–Kier alpha value is -2.98. The van der Waals surface area contributed by atoms with Gasteiger partial charge in [0.25, 0.3) is 15.9 Å². The largest absolute Gasteiger partial charge is 0.383 e. The number of aryl methyl sites for hydroxylation is 2. The molecule has 2 heterocycles. The van der Waals surface area contributed by atoms with E-state index in [4.69, 9.17) is 16.3 Å². The number of rotatable bonds is 6. The fourth-order valence-corrected chi connectivity index (χ4v) is 7.40. The lowest BCUT2D eigenvalue weighted by Gasteiger charge is -2.30. The van der Waals surface area contributed by atoms with Gasteiger partial charge >= 0.3 is 0 Å². The SMILES string of the molecule is COCCn1c(=NC(=O)c2ccc(S(=O)(=O)N3CCCc4ccccc43)cc2)sc2ccc(Cl)c(C)c21. The topological polar surface area (TPSA) is 81.0 Å². The third-order valence-electron chi connectivity index (χ3n) is 6.50. The molecule has 10 heteroatoms. The first-order chi connectivity index (χ1) is 17.8. The van der Waals surface area contributed by atoms with E-state index in [-0.39, 0.29) is 4.90 Å². The number of para-hydroxylation sites is 1. The first-order valence-corrected chi connectivity index (χ1v) is 14.5. The molecule has 0 radical (unpaired) electrons. The molecule has 0 N–H and O–H groups in total. The van der Waals surface area contributed by atoms with Gasteiger partial charge in [-0.15, -0.1) is 0 Å². The van der Waals surface area contributed by atoms with E-state index in [2.05, 4.69) is 4.99 Å². The maximum Gasteiger partial charge on any atom is 0.279 e. The average Bonchev–Trinajstić information content (AvgIpc) is 3.26. The highest BCUT2D eigenvalue weighted by atomic mass is 35.5. The normalized spacial score (nSPS) is 14.2. The Morgan fingerprint density at radius 2 is 1.86 bits per heavy atom. The molecule has 3 aromatic carbocycles. The summed E-state index contributed by atoms with van der Waals surface area (Å²) in [6.45, 7) is 3.32. The third-order valence-corrected chi connectivity index (χ3v) is 9.78. The number of benzene rings is 3. The molecule has 4 aromatic rings. The number of thiazole rings is 1. The van der Waals surface area contributed by atoms with E-state index in [0.717, 1.165) is 34.2 Å². The van der Waals surface area contributed by atoms with Gasteiger partial charge in [-0.25, -0.2) is 8.42 Å². The van der Waals surface area contributed by atoms with Gasteiger partial charge in [0.2, 0.25) is 0 Å². The van der Waals surface area contributed by atoms with Crippen molar-refractivity contribution in [1.82, 2.24) is 4.57 Å². The zero-order valence-corrected chi connectivity index (χ0v) is 22.9. The molecular formula is C27H26ClN3O4S2. The summed E-state index contributed by atoms with van der Waals surface area (Å²) < 4.78 is 36.5. The highest BCUT2D eigenvalue weighted by Crippen LogP contribution is 2.32. The van der Waals surface area contributed by atoms with Crippen molar-refractivity contribution in [3.05, 3.63) is 87.2 Å². The molecule has 7 nitrogen and oxygen atoms in total. The van der Waals surface area contributed by atoms with Crippen LogP contribution in [0.5, 0.6) is 0 Å². The van der Waals surface area contributed by atoms with Gasteiger partial charge in [0.1, 0.15) is 0 Å². The number of carbonyl (C=O) groups excluding carboxylic acids is 1. The number of methoxy groups -OCH3 is 1. The first-order valence-electron chi connectivity index (χ1n) is 11.9. The number of amides is 1. The summed E-state index contributed by atoms with van der Waals surface area (Å²) in [4.78, 5) is 18.2. The number of fused-ring (bicyclic) bond motifs is 2. The summed E-state index contributed by atoms with van der Waals surface area (Å²) >= 11 is 7.75. The van der Waals surface area contributed by atoms with E-state index in [1.807, 2.05) is 47.9 Å². The monoisotopic (exact) mass is 555 g/mol. The van der Waals surface area contributed by atoms with Crippen molar-refractivity contribution in [2.45, 2.75) is 31.2 Å². The lowest BCUT2D eigenvalue weighted by molar-refractivity contribution is 0.0997. The summed E-state index contributed by atoms with van der Waals surface area (Å²) in [7, 11) is -2.14. The Balaban J connectivity index is 1.48. The van der Waals surface area contributed by atoms with Crippen LogP contribution in [-0.4, -0.2) is 39.2 Å². The van der Waals surface area contributed by atoms with E-state index in [9.17, 15) is 13.2 Å². The van der Waals surface area contributed by atoms with Crippen LogP contribution in [0, 0.1) is 6.92 Å². The van der Waals surface area contributed by atoms with E-state index < -0.39 is 15.9 Å². The van der Waals surface area contributed by atoms with Gasteiger partial charge in [-0.1, -0.05) is 41.1 Å². The van der Waals surface area contributed by atoms with Crippen molar-refractivity contribution in [3.63, 3.8) is 0 Å². The van der Waals surface area contributed by atoms with Crippen LogP contribution in [-0.2, 0) is 27.7 Å². The van der Waals surface area contributed by atoms with Crippen molar-refractivity contribution >= 4 is 54.8 Å². The molecule has 1 aliphatic rings. The number of nitrogens with zero attached hydrogens (tertiary/aromatic N) is 3. The van der Waals surface area contributed by atoms with Crippen LogP contribution in [0.25, 0.3) is 10.2 Å². The van der Waals surface area contributed by atoms with Gasteiger partial charge in [0, 0.05) is 30.8 Å². The Kier molecular flexibility index (Phi) is 7.22. The Morgan fingerprint density at radius 3 is 2.62 bits per heavy atom. The van der Waals surface area contributed by atoms with Gasteiger partial charge in [0.05, 0.1) is 27.4 Å². The second-order valence-corrected chi connectivity index (χ2v) is 12.1. The molecule has 37 heavy (non-hydrogen) atoms. The van der Waals surface area contributed by atoms with Crippen LogP contribution in [0.1, 0.15) is 27.9 Å². The second kappa shape index (κ2) is 10.4. The molecule has 5 rings (SSSR count). The van der Waals surface area contributed by atoms with E-state index >= 15 is 0 Å². The fourth-order valence-electron chi connectivity index (χ4n) is 4.59. The highest BCUT2D eigenvalue weighted by molar-refractivity contribution is 7.92. The molecule has 0 aliphatic carbocycles.